The molecule has 0 aromatic carbocycles. The van der Waals surface area contributed by atoms with Crippen LogP contribution in [0.5, 0.6) is 0 Å². The Balaban J connectivity index is 2.76. The minimum Gasteiger partial charge on any atom is -0.241 e. The van der Waals surface area contributed by atoms with Gasteiger partial charge in [-0.1, -0.05) is 6.92 Å². The number of nitrogens with zero attached hydrogens (tertiary/aromatic N) is 2. The lowest BCUT2D eigenvalue weighted by Crippen LogP contribution is -2.44. The first kappa shape index (κ1) is 10.0. The zero-order valence-corrected chi connectivity index (χ0v) is 9.20. The molecule has 1 rings (SSSR count). The fourth-order valence-electron chi connectivity index (χ4n) is 2.32. The molecule has 0 bridgehead atoms. The Bertz CT molecular complexity index is 142. The molecule has 1 aliphatic heterocycles. The molecule has 1 heterocycles. The summed E-state index contributed by atoms with van der Waals surface area (Å²) >= 11 is 0. The molecule has 12 heavy (non-hydrogen) atoms. The molecule has 0 saturated carbocycles. The van der Waals surface area contributed by atoms with Crippen LogP contribution < -0.4 is 0 Å². The van der Waals surface area contributed by atoms with Gasteiger partial charge >= 0.3 is 0 Å². The molecule has 0 aliphatic carbocycles. The van der Waals surface area contributed by atoms with Gasteiger partial charge in [-0.15, -0.1) is 0 Å². The van der Waals surface area contributed by atoms with E-state index in [2.05, 4.69) is 51.7 Å². The zero-order valence-electron chi connectivity index (χ0n) is 9.20. The second kappa shape index (κ2) is 3.35. The van der Waals surface area contributed by atoms with Crippen LogP contribution in [0.1, 0.15) is 34.6 Å². The lowest BCUT2D eigenvalue weighted by molar-refractivity contribution is -0.0220. The second-order valence-electron chi connectivity index (χ2n) is 4.39. The zero-order chi connectivity index (χ0) is 9.46. The molecule has 1 fully saturated rings. The van der Waals surface area contributed by atoms with Crippen molar-refractivity contribution in [3.63, 3.8) is 0 Å². The van der Waals surface area contributed by atoms with Crippen LogP contribution in [0.25, 0.3) is 0 Å². The number of rotatable bonds is 1. The van der Waals surface area contributed by atoms with Crippen molar-refractivity contribution < 1.29 is 0 Å². The highest BCUT2D eigenvalue weighted by atomic mass is 15.7. The quantitative estimate of drug-likeness (QED) is 0.593. The highest BCUT2D eigenvalue weighted by Gasteiger charge is 2.38. The molecular weight excluding hydrogens is 148 g/mol. The van der Waals surface area contributed by atoms with Crippen molar-refractivity contribution >= 4 is 0 Å². The van der Waals surface area contributed by atoms with Crippen LogP contribution in [0, 0.1) is 5.92 Å². The molecule has 3 atom stereocenters. The topological polar surface area (TPSA) is 6.48 Å². The van der Waals surface area contributed by atoms with Crippen LogP contribution in [0.2, 0.25) is 0 Å². The standard InChI is InChI=1S/C10H22N2/c1-7(2)12-10(5)8(3)9(4)11(12)6/h7-10H,1-6H3. The Morgan fingerprint density at radius 2 is 1.50 bits per heavy atom. The molecule has 0 radical (unpaired) electrons. The predicted molar refractivity (Wildman–Crippen MR) is 52.8 cm³/mol. The van der Waals surface area contributed by atoms with Gasteiger partial charge in [-0.05, 0) is 33.6 Å². The van der Waals surface area contributed by atoms with E-state index in [1.54, 1.807) is 0 Å². The normalized spacial score (nSPS) is 39.8. The minimum atomic E-state index is 0.623. The van der Waals surface area contributed by atoms with Gasteiger partial charge in [0.15, 0.2) is 0 Å². The summed E-state index contributed by atoms with van der Waals surface area (Å²) in [6, 6.07) is 1.99. The second-order valence-corrected chi connectivity index (χ2v) is 4.39. The van der Waals surface area contributed by atoms with Crippen LogP contribution in [0.3, 0.4) is 0 Å². The first-order valence-electron chi connectivity index (χ1n) is 4.98. The number of hydrogen-bond donors (Lipinski definition) is 0. The molecule has 72 valence electrons. The maximum absolute atomic E-state index is 2.48. The monoisotopic (exact) mass is 170 g/mol. The first-order valence-corrected chi connectivity index (χ1v) is 4.98. The van der Waals surface area contributed by atoms with Gasteiger partial charge in [-0.2, -0.15) is 0 Å². The van der Waals surface area contributed by atoms with Gasteiger partial charge in [0.2, 0.25) is 0 Å². The Hall–Kier alpha value is -0.0800. The Labute approximate surface area is 76.5 Å². The molecule has 0 N–H and O–H groups in total. The van der Waals surface area contributed by atoms with Gasteiger partial charge in [0, 0.05) is 25.2 Å². The van der Waals surface area contributed by atoms with Crippen molar-refractivity contribution in [1.29, 1.82) is 0 Å². The van der Waals surface area contributed by atoms with E-state index < -0.39 is 0 Å². The maximum Gasteiger partial charge on any atom is 0.0261 e. The van der Waals surface area contributed by atoms with Crippen LogP contribution in [0.15, 0.2) is 0 Å². The van der Waals surface area contributed by atoms with Crippen LogP contribution in [0.4, 0.5) is 0 Å². The largest absolute Gasteiger partial charge is 0.241 e. The van der Waals surface area contributed by atoms with E-state index >= 15 is 0 Å². The van der Waals surface area contributed by atoms with Crippen molar-refractivity contribution in [3.8, 4) is 0 Å². The van der Waals surface area contributed by atoms with Crippen molar-refractivity contribution in [3.05, 3.63) is 0 Å². The smallest absolute Gasteiger partial charge is 0.0261 e. The summed E-state index contributed by atoms with van der Waals surface area (Å²) in [5.74, 6) is 0.775. The molecule has 0 aromatic heterocycles. The van der Waals surface area contributed by atoms with E-state index in [1.165, 1.54) is 0 Å². The molecule has 3 unspecified atom stereocenters. The van der Waals surface area contributed by atoms with E-state index in [9.17, 15) is 0 Å². The summed E-state index contributed by atoms with van der Waals surface area (Å²) in [6.45, 7) is 11.5. The summed E-state index contributed by atoms with van der Waals surface area (Å²) in [7, 11) is 2.20. The SMILES string of the molecule is CC1C(C)N(C)N(C(C)C)C1C. The van der Waals surface area contributed by atoms with E-state index in [1.807, 2.05) is 0 Å². The predicted octanol–water partition coefficient (Wildman–Crippen LogP) is 1.97. The summed E-state index contributed by atoms with van der Waals surface area (Å²) < 4.78 is 0. The summed E-state index contributed by atoms with van der Waals surface area (Å²) in [6.07, 6.45) is 0. The van der Waals surface area contributed by atoms with Crippen molar-refractivity contribution in [2.75, 3.05) is 7.05 Å². The highest BCUT2D eigenvalue weighted by molar-refractivity contribution is 4.87. The third-order valence-corrected chi connectivity index (χ3v) is 3.42. The van der Waals surface area contributed by atoms with Crippen molar-refractivity contribution in [1.82, 2.24) is 10.0 Å². The van der Waals surface area contributed by atoms with Crippen LogP contribution in [-0.2, 0) is 0 Å². The first-order chi connectivity index (χ1) is 5.46. The Morgan fingerprint density at radius 1 is 1.00 bits per heavy atom. The third kappa shape index (κ3) is 1.38. The average molecular weight is 170 g/mol. The fourth-order valence-corrected chi connectivity index (χ4v) is 2.32. The highest BCUT2D eigenvalue weighted by Crippen LogP contribution is 2.29. The van der Waals surface area contributed by atoms with Gasteiger partial charge in [-0.3, -0.25) is 0 Å². The maximum atomic E-state index is 2.48. The van der Waals surface area contributed by atoms with E-state index in [-0.39, 0.29) is 0 Å². The van der Waals surface area contributed by atoms with Crippen LogP contribution >= 0.6 is 0 Å². The summed E-state index contributed by atoms with van der Waals surface area (Å²) in [5, 5.41) is 4.87. The van der Waals surface area contributed by atoms with Gasteiger partial charge in [0.25, 0.3) is 0 Å². The van der Waals surface area contributed by atoms with Gasteiger partial charge in [0.1, 0.15) is 0 Å². The molecule has 0 amide bonds. The van der Waals surface area contributed by atoms with Crippen molar-refractivity contribution in [2.45, 2.75) is 52.7 Å². The van der Waals surface area contributed by atoms with E-state index in [0.29, 0.717) is 18.1 Å². The summed E-state index contributed by atoms with van der Waals surface area (Å²) in [4.78, 5) is 0. The molecule has 1 saturated heterocycles. The molecule has 0 aromatic rings. The Kier molecular flexibility index (Phi) is 2.79. The number of hydrazine groups is 1. The van der Waals surface area contributed by atoms with Gasteiger partial charge in [-0.25, -0.2) is 10.0 Å². The Morgan fingerprint density at radius 3 is 1.67 bits per heavy atom. The van der Waals surface area contributed by atoms with Crippen molar-refractivity contribution in [2.24, 2.45) is 5.92 Å². The molecule has 1 aliphatic rings. The van der Waals surface area contributed by atoms with E-state index in [0.717, 1.165) is 5.92 Å². The van der Waals surface area contributed by atoms with Gasteiger partial charge in [0.05, 0.1) is 0 Å². The average Bonchev–Trinajstić information content (AvgIpc) is 2.16. The number of hydrogen-bond acceptors (Lipinski definition) is 2. The molecule has 2 heteroatoms. The molecular formula is C10H22N2. The lowest BCUT2D eigenvalue weighted by atomic mass is 9.98. The fraction of sp³-hybridized carbons (Fsp3) is 1.00. The van der Waals surface area contributed by atoms with E-state index in [4.69, 9.17) is 0 Å². The minimum absolute atomic E-state index is 0.623. The lowest BCUT2D eigenvalue weighted by Gasteiger charge is -2.33. The van der Waals surface area contributed by atoms with Gasteiger partial charge < -0.3 is 0 Å². The molecule has 0 spiro atoms. The summed E-state index contributed by atoms with van der Waals surface area (Å²) in [5.41, 5.74) is 0. The van der Waals surface area contributed by atoms with Crippen LogP contribution in [-0.4, -0.2) is 35.2 Å². The molecule has 2 nitrogen and oxygen atoms in total. The third-order valence-electron chi connectivity index (χ3n) is 3.42.